The molecule has 1 aliphatic heterocycles. The molecule has 6 heteroatoms. The number of aliphatic imine (C=N–C) groups is 1. The molecule has 1 unspecified atom stereocenters. The summed E-state index contributed by atoms with van der Waals surface area (Å²) in [7, 11) is 2.23. The second-order valence-corrected chi connectivity index (χ2v) is 7.32. The highest BCUT2D eigenvalue weighted by atomic mass is 16.5. The minimum absolute atomic E-state index is 0.0116. The number of likely N-dealkylation sites (N-methyl/N-ethyl adjacent to an activating group) is 1. The summed E-state index contributed by atoms with van der Waals surface area (Å²) in [6, 6.07) is 0.759. The zero-order valence-corrected chi connectivity index (χ0v) is 15.5. The van der Waals surface area contributed by atoms with E-state index in [0.29, 0.717) is 13.2 Å². The van der Waals surface area contributed by atoms with E-state index in [9.17, 15) is 5.11 Å². The first-order chi connectivity index (χ1) is 11.7. The van der Waals surface area contributed by atoms with Crippen LogP contribution in [-0.2, 0) is 4.74 Å². The van der Waals surface area contributed by atoms with Crippen LogP contribution in [0.1, 0.15) is 45.4 Å². The first-order valence-corrected chi connectivity index (χ1v) is 9.60. The summed E-state index contributed by atoms with van der Waals surface area (Å²) in [5, 5.41) is 16.1. The van der Waals surface area contributed by atoms with E-state index in [-0.39, 0.29) is 12.0 Å². The zero-order valence-electron chi connectivity index (χ0n) is 15.5. The van der Waals surface area contributed by atoms with Crippen molar-refractivity contribution in [3.63, 3.8) is 0 Å². The Hall–Kier alpha value is -0.850. The number of nitrogens with one attached hydrogen (secondary N) is 2. The lowest BCUT2D eigenvalue weighted by atomic mass is 9.84. The SMILES string of the molecule is CCNC(=NCC1(CCO)CCOC1)NCCN(C)C1CCCC1. The van der Waals surface area contributed by atoms with Crippen LogP contribution in [0.5, 0.6) is 0 Å². The molecule has 24 heavy (non-hydrogen) atoms. The number of aliphatic hydroxyl groups excluding tert-OH is 1. The minimum Gasteiger partial charge on any atom is -0.396 e. The van der Waals surface area contributed by atoms with Crippen molar-refractivity contribution in [3.05, 3.63) is 0 Å². The van der Waals surface area contributed by atoms with E-state index >= 15 is 0 Å². The molecule has 1 heterocycles. The molecule has 0 aromatic heterocycles. The van der Waals surface area contributed by atoms with Gasteiger partial charge in [0.05, 0.1) is 13.2 Å². The molecule has 140 valence electrons. The monoisotopic (exact) mass is 340 g/mol. The van der Waals surface area contributed by atoms with Gasteiger partial charge in [0.15, 0.2) is 5.96 Å². The molecule has 1 aliphatic carbocycles. The predicted octanol–water partition coefficient (Wildman–Crippen LogP) is 1.21. The van der Waals surface area contributed by atoms with Crippen molar-refractivity contribution in [2.24, 2.45) is 10.4 Å². The molecule has 0 spiro atoms. The average molecular weight is 341 g/mol. The molecule has 2 fully saturated rings. The van der Waals surface area contributed by atoms with Crippen LogP contribution in [0.3, 0.4) is 0 Å². The third-order valence-electron chi connectivity index (χ3n) is 5.45. The van der Waals surface area contributed by atoms with Crippen molar-refractivity contribution in [1.82, 2.24) is 15.5 Å². The summed E-state index contributed by atoms with van der Waals surface area (Å²) >= 11 is 0. The molecule has 3 N–H and O–H groups in total. The van der Waals surface area contributed by atoms with E-state index in [0.717, 1.165) is 51.1 Å². The third-order valence-corrected chi connectivity index (χ3v) is 5.45. The Kier molecular flexibility index (Phi) is 8.29. The molecule has 0 aromatic rings. The van der Waals surface area contributed by atoms with Gasteiger partial charge in [-0.3, -0.25) is 4.99 Å². The minimum atomic E-state index is 0.0116. The van der Waals surface area contributed by atoms with Gasteiger partial charge in [0.1, 0.15) is 0 Å². The number of nitrogens with zero attached hydrogens (tertiary/aromatic N) is 2. The second kappa shape index (κ2) is 10.2. The van der Waals surface area contributed by atoms with Gasteiger partial charge in [0, 0.05) is 44.3 Å². The molecular formula is C18H36N4O2. The number of aliphatic hydroxyl groups is 1. The molecule has 0 bridgehead atoms. The Balaban J connectivity index is 1.79. The first-order valence-electron chi connectivity index (χ1n) is 9.60. The number of ether oxygens (including phenoxy) is 1. The Morgan fingerprint density at radius 1 is 1.33 bits per heavy atom. The predicted molar refractivity (Wildman–Crippen MR) is 98.4 cm³/mol. The highest BCUT2D eigenvalue weighted by Crippen LogP contribution is 2.32. The van der Waals surface area contributed by atoms with Crippen LogP contribution in [0.25, 0.3) is 0 Å². The number of hydrogen-bond donors (Lipinski definition) is 3. The van der Waals surface area contributed by atoms with Gasteiger partial charge in [-0.1, -0.05) is 12.8 Å². The van der Waals surface area contributed by atoms with Gasteiger partial charge in [-0.05, 0) is 39.7 Å². The molecule has 0 amide bonds. The normalized spacial score (nSPS) is 25.6. The third kappa shape index (κ3) is 5.90. The highest BCUT2D eigenvalue weighted by Gasteiger charge is 2.34. The fourth-order valence-corrected chi connectivity index (χ4v) is 3.75. The van der Waals surface area contributed by atoms with E-state index in [1.807, 2.05) is 0 Å². The maximum atomic E-state index is 9.33. The van der Waals surface area contributed by atoms with Gasteiger partial charge < -0.3 is 25.4 Å². The van der Waals surface area contributed by atoms with E-state index in [1.165, 1.54) is 25.7 Å². The van der Waals surface area contributed by atoms with Crippen molar-refractivity contribution in [1.29, 1.82) is 0 Å². The summed E-state index contributed by atoms with van der Waals surface area (Å²) < 4.78 is 5.55. The summed E-state index contributed by atoms with van der Waals surface area (Å²) in [5.74, 6) is 0.876. The van der Waals surface area contributed by atoms with Crippen molar-refractivity contribution >= 4 is 5.96 Å². The van der Waals surface area contributed by atoms with Crippen LogP contribution in [0.4, 0.5) is 0 Å². The number of guanidine groups is 1. The van der Waals surface area contributed by atoms with Crippen molar-refractivity contribution in [2.45, 2.75) is 51.5 Å². The highest BCUT2D eigenvalue weighted by molar-refractivity contribution is 5.79. The van der Waals surface area contributed by atoms with Crippen LogP contribution >= 0.6 is 0 Å². The summed E-state index contributed by atoms with van der Waals surface area (Å²) in [5.41, 5.74) is 0.0116. The van der Waals surface area contributed by atoms with Crippen LogP contribution in [0.2, 0.25) is 0 Å². The Labute approximate surface area is 147 Å². The summed E-state index contributed by atoms with van der Waals surface area (Å²) in [6.07, 6.45) is 7.19. The lowest BCUT2D eigenvalue weighted by molar-refractivity contribution is 0.131. The topological polar surface area (TPSA) is 69.1 Å². The van der Waals surface area contributed by atoms with Gasteiger partial charge in [0.25, 0.3) is 0 Å². The molecule has 2 rings (SSSR count). The molecule has 0 radical (unpaired) electrons. The zero-order chi connectivity index (χ0) is 17.3. The maximum Gasteiger partial charge on any atom is 0.191 e. The van der Waals surface area contributed by atoms with Crippen LogP contribution in [-0.4, -0.2) is 75.1 Å². The summed E-state index contributed by atoms with van der Waals surface area (Å²) in [6.45, 7) is 7.29. The van der Waals surface area contributed by atoms with E-state index in [1.54, 1.807) is 0 Å². The molecule has 2 aliphatic rings. The summed E-state index contributed by atoms with van der Waals surface area (Å²) in [4.78, 5) is 7.24. The molecule has 1 atom stereocenters. The van der Waals surface area contributed by atoms with Crippen LogP contribution in [0.15, 0.2) is 4.99 Å². The Morgan fingerprint density at radius 3 is 2.75 bits per heavy atom. The fourth-order valence-electron chi connectivity index (χ4n) is 3.75. The number of rotatable bonds is 9. The molecule has 1 saturated heterocycles. The van der Waals surface area contributed by atoms with E-state index in [2.05, 4.69) is 29.5 Å². The lowest BCUT2D eigenvalue weighted by Gasteiger charge is -2.26. The quantitative estimate of drug-likeness (QED) is 0.435. The van der Waals surface area contributed by atoms with Gasteiger partial charge in [-0.2, -0.15) is 0 Å². The Bertz CT molecular complexity index is 377. The van der Waals surface area contributed by atoms with Gasteiger partial charge in [0.2, 0.25) is 0 Å². The maximum absolute atomic E-state index is 9.33. The molecule has 1 saturated carbocycles. The fraction of sp³-hybridized carbons (Fsp3) is 0.944. The lowest BCUT2D eigenvalue weighted by Crippen LogP contribution is -2.43. The van der Waals surface area contributed by atoms with E-state index in [4.69, 9.17) is 9.73 Å². The molecular weight excluding hydrogens is 304 g/mol. The molecule has 6 nitrogen and oxygen atoms in total. The average Bonchev–Trinajstić information content (AvgIpc) is 3.25. The van der Waals surface area contributed by atoms with Gasteiger partial charge in [-0.25, -0.2) is 0 Å². The van der Waals surface area contributed by atoms with Gasteiger partial charge >= 0.3 is 0 Å². The van der Waals surface area contributed by atoms with Crippen molar-refractivity contribution in [2.75, 3.05) is 53.0 Å². The second-order valence-electron chi connectivity index (χ2n) is 7.32. The van der Waals surface area contributed by atoms with E-state index < -0.39 is 0 Å². The number of hydrogen-bond acceptors (Lipinski definition) is 4. The Morgan fingerprint density at radius 2 is 2.12 bits per heavy atom. The van der Waals surface area contributed by atoms with Crippen LogP contribution in [0, 0.1) is 5.41 Å². The first kappa shape index (κ1) is 19.5. The van der Waals surface area contributed by atoms with Crippen molar-refractivity contribution in [3.8, 4) is 0 Å². The smallest absolute Gasteiger partial charge is 0.191 e. The van der Waals surface area contributed by atoms with Gasteiger partial charge in [-0.15, -0.1) is 0 Å². The van der Waals surface area contributed by atoms with Crippen molar-refractivity contribution < 1.29 is 9.84 Å². The molecule has 0 aromatic carbocycles. The largest absolute Gasteiger partial charge is 0.396 e. The van der Waals surface area contributed by atoms with Crippen LogP contribution < -0.4 is 10.6 Å². The standard InChI is InChI=1S/C18H36N4O2/c1-3-19-17(20-10-11-22(2)16-6-4-5-7-16)21-14-18(8-12-23)9-13-24-15-18/h16,23H,3-15H2,1-2H3,(H2,19,20,21).